The van der Waals surface area contributed by atoms with Crippen molar-refractivity contribution in [3.63, 3.8) is 0 Å². The van der Waals surface area contributed by atoms with Crippen molar-refractivity contribution < 1.29 is 9.59 Å². The van der Waals surface area contributed by atoms with Crippen molar-refractivity contribution in [3.05, 3.63) is 35.9 Å². The van der Waals surface area contributed by atoms with Gasteiger partial charge in [-0.25, -0.2) is 0 Å². The van der Waals surface area contributed by atoms with Crippen LogP contribution in [-0.4, -0.2) is 28.2 Å². The van der Waals surface area contributed by atoms with Gasteiger partial charge in [0.25, 0.3) is 0 Å². The Kier molecular flexibility index (Phi) is 3.95. The van der Waals surface area contributed by atoms with Gasteiger partial charge in [0.05, 0.1) is 10.9 Å². The summed E-state index contributed by atoms with van der Waals surface area (Å²) in [5, 5.41) is 0. The number of nitrogens with zero attached hydrogens (tertiary/aromatic N) is 1. The summed E-state index contributed by atoms with van der Waals surface area (Å²) in [6.07, 6.45) is 0.275. The van der Waals surface area contributed by atoms with Gasteiger partial charge >= 0.3 is 0 Å². The van der Waals surface area contributed by atoms with E-state index in [1.807, 2.05) is 30.3 Å². The quantitative estimate of drug-likeness (QED) is 0.668. The van der Waals surface area contributed by atoms with Crippen LogP contribution in [0.25, 0.3) is 0 Å². The highest BCUT2D eigenvalue weighted by Gasteiger charge is 2.37. The van der Waals surface area contributed by atoms with E-state index in [2.05, 4.69) is 0 Å². The summed E-state index contributed by atoms with van der Waals surface area (Å²) in [4.78, 5) is 25.3. The van der Waals surface area contributed by atoms with Gasteiger partial charge in [0, 0.05) is 18.9 Å². The number of carbonyl (C=O) groups is 2. The van der Waals surface area contributed by atoms with Crippen molar-refractivity contribution in [2.75, 3.05) is 6.54 Å². The monoisotopic (exact) mass is 276 g/mol. The van der Waals surface area contributed by atoms with Crippen LogP contribution in [0, 0.1) is 5.92 Å². The summed E-state index contributed by atoms with van der Waals surface area (Å²) in [6.45, 7) is 2.00. The zero-order valence-electron chi connectivity index (χ0n) is 10.7. The molecule has 0 aliphatic carbocycles. The van der Waals surface area contributed by atoms with E-state index in [1.165, 1.54) is 4.90 Å². The van der Waals surface area contributed by atoms with E-state index in [0.717, 1.165) is 5.56 Å². The van der Waals surface area contributed by atoms with E-state index in [0.29, 0.717) is 4.99 Å². The van der Waals surface area contributed by atoms with Gasteiger partial charge in [0.2, 0.25) is 11.8 Å². The van der Waals surface area contributed by atoms with Crippen LogP contribution < -0.4 is 5.73 Å². The van der Waals surface area contributed by atoms with E-state index < -0.39 is 0 Å². The lowest BCUT2D eigenvalue weighted by atomic mass is 9.98. The third kappa shape index (κ3) is 2.81. The van der Waals surface area contributed by atoms with E-state index in [4.69, 9.17) is 18.0 Å². The molecule has 2 rings (SSSR count). The Labute approximate surface area is 117 Å². The predicted molar refractivity (Wildman–Crippen MR) is 76.5 cm³/mol. The first-order valence-corrected chi connectivity index (χ1v) is 6.60. The molecule has 1 aliphatic rings. The van der Waals surface area contributed by atoms with E-state index in [9.17, 15) is 9.59 Å². The Balaban J connectivity index is 2.21. The SMILES string of the molecule is CC1CC(=O)N(CC(C(N)=S)c2ccccc2)C1=O. The molecular weight excluding hydrogens is 260 g/mol. The highest BCUT2D eigenvalue weighted by Crippen LogP contribution is 2.24. The lowest BCUT2D eigenvalue weighted by molar-refractivity contribution is -0.139. The first-order valence-electron chi connectivity index (χ1n) is 6.19. The summed E-state index contributed by atoms with van der Waals surface area (Å²) < 4.78 is 0. The fourth-order valence-corrected chi connectivity index (χ4v) is 2.48. The standard InChI is InChI=1S/C14H16N2O2S/c1-9-7-12(17)16(14(9)18)8-11(13(15)19)10-5-3-2-4-6-10/h2-6,9,11H,7-8H2,1H3,(H2,15,19). The second-order valence-corrected chi connectivity index (χ2v) is 5.28. The lowest BCUT2D eigenvalue weighted by Crippen LogP contribution is -2.38. The van der Waals surface area contributed by atoms with Gasteiger partial charge < -0.3 is 5.73 Å². The fraction of sp³-hybridized carbons (Fsp3) is 0.357. The van der Waals surface area contributed by atoms with Crippen molar-refractivity contribution in [2.45, 2.75) is 19.3 Å². The molecule has 2 N–H and O–H groups in total. The van der Waals surface area contributed by atoms with Crippen LogP contribution in [0.5, 0.6) is 0 Å². The third-order valence-corrected chi connectivity index (χ3v) is 3.66. The smallest absolute Gasteiger partial charge is 0.232 e. The molecular formula is C14H16N2O2S. The van der Waals surface area contributed by atoms with Crippen LogP contribution in [-0.2, 0) is 9.59 Å². The van der Waals surface area contributed by atoms with Crippen LogP contribution >= 0.6 is 12.2 Å². The van der Waals surface area contributed by atoms with Crippen molar-refractivity contribution in [3.8, 4) is 0 Å². The second-order valence-electron chi connectivity index (χ2n) is 4.81. The van der Waals surface area contributed by atoms with Crippen molar-refractivity contribution in [1.82, 2.24) is 4.90 Å². The molecule has 1 aromatic carbocycles. The molecule has 2 atom stereocenters. The molecule has 0 spiro atoms. The van der Waals surface area contributed by atoms with Crippen LogP contribution in [0.4, 0.5) is 0 Å². The number of nitrogens with two attached hydrogens (primary N) is 1. The molecule has 1 aromatic rings. The van der Waals surface area contributed by atoms with Crippen LogP contribution in [0.1, 0.15) is 24.8 Å². The molecule has 2 unspecified atom stereocenters. The average Bonchev–Trinajstić information content (AvgIpc) is 2.62. The molecule has 0 bridgehead atoms. The van der Waals surface area contributed by atoms with E-state index in [-0.39, 0.29) is 36.6 Å². The summed E-state index contributed by atoms with van der Waals surface area (Å²) >= 11 is 5.07. The Morgan fingerprint density at radius 2 is 2.05 bits per heavy atom. The Morgan fingerprint density at radius 1 is 1.42 bits per heavy atom. The van der Waals surface area contributed by atoms with Gasteiger partial charge in [-0.15, -0.1) is 0 Å². The zero-order valence-corrected chi connectivity index (χ0v) is 11.5. The maximum Gasteiger partial charge on any atom is 0.232 e. The molecule has 0 saturated carbocycles. The average molecular weight is 276 g/mol. The second kappa shape index (κ2) is 5.48. The minimum absolute atomic E-state index is 0.137. The maximum atomic E-state index is 11.9. The topological polar surface area (TPSA) is 63.4 Å². The predicted octanol–water partition coefficient (Wildman–Crippen LogP) is 1.45. The normalized spacial score (nSPS) is 20.7. The van der Waals surface area contributed by atoms with Gasteiger partial charge in [-0.1, -0.05) is 49.5 Å². The van der Waals surface area contributed by atoms with Crippen LogP contribution in [0.2, 0.25) is 0 Å². The maximum absolute atomic E-state index is 11.9. The number of thiocarbonyl (C=S) groups is 1. The Hall–Kier alpha value is -1.75. The first kappa shape index (κ1) is 13.7. The molecule has 1 fully saturated rings. The Morgan fingerprint density at radius 3 is 2.53 bits per heavy atom. The molecule has 100 valence electrons. The third-order valence-electron chi connectivity index (χ3n) is 3.38. The molecule has 5 heteroatoms. The van der Waals surface area contributed by atoms with E-state index in [1.54, 1.807) is 6.92 Å². The number of likely N-dealkylation sites (tertiary alicyclic amines) is 1. The molecule has 0 radical (unpaired) electrons. The number of hydrogen-bond donors (Lipinski definition) is 1. The molecule has 19 heavy (non-hydrogen) atoms. The van der Waals surface area contributed by atoms with Crippen molar-refractivity contribution >= 4 is 29.0 Å². The minimum Gasteiger partial charge on any atom is -0.393 e. The van der Waals surface area contributed by atoms with Crippen molar-refractivity contribution in [1.29, 1.82) is 0 Å². The van der Waals surface area contributed by atoms with Crippen LogP contribution in [0.3, 0.4) is 0 Å². The van der Waals surface area contributed by atoms with Gasteiger partial charge in [0.1, 0.15) is 0 Å². The minimum atomic E-state index is -0.283. The zero-order chi connectivity index (χ0) is 14.0. The van der Waals surface area contributed by atoms with E-state index >= 15 is 0 Å². The molecule has 1 aliphatic heterocycles. The number of hydrogen-bond acceptors (Lipinski definition) is 3. The number of rotatable bonds is 4. The molecule has 0 aromatic heterocycles. The highest BCUT2D eigenvalue weighted by atomic mass is 32.1. The Bertz CT molecular complexity index is 515. The molecule has 1 saturated heterocycles. The van der Waals surface area contributed by atoms with Gasteiger partial charge in [-0.2, -0.15) is 0 Å². The number of benzene rings is 1. The fourth-order valence-electron chi connectivity index (χ4n) is 2.27. The van der Waals surface area contributed by atoms with Crippen LogP contribution in [0.15, 0.2) is 30.3 Å². The first-order chi connectivity index (χ1) is 9.00. The highest BCUT2D eigenvalue weighted by molar-refractivity contribution is 7.80. The van der Waals surface area contributed by atoms with Crippen molar-refractivity contribution in [2.24, 2.45) is 11.7 Å². The number of carbonyl (C=O) groups excluding carboxylic acids is 2. The molecule has 2 amide bonds. The number of imide groups is 1. The molecule has 4 nitrogen and oxygen atoms in total. The largest absolute Gasteiger partial charge is 0.393 e. The van der Waals surface area contributed by atoms with Gasteiger partial charge in [-0.05, 0) is 5.56 Å². The lowest BCUT2D eigenvalue weighted by Gasteiger charge is -2.22. The molecule has 1 heterocycles. The number of amides is 2. The summed E-state index contributed by atoms with van der Waals surface area (Å²) in [5.41, 5.74) is 6.68. The summed E-state index contributed by atoms with van der Waals surface area (Å²) in [7, 11) is 0. The summed E-state index contributed by atoms with van der Waals surface area (Å²) in [6, 6.07) is 9.47. The van der Waals surface area contributed by atoms with Gasteiger partial charge in [0.15, 0.2) is 0 Å². The van der Waals surface area contributed by atoms with Gasteiger partial charge in [-0.3, -0.25) is 14.5 Å². The summed E-state index contributed by atoms with van der Waals surface area (Å²) in [5.74, 6) is -0.804.